The SMILES string of the molecule is CCn1c(-c2ccccc2)c(C(=O)CN2C(=O)N[C@](C)(c3ccccc3Cl)C2=O)c2ccccc21. The summed E-state index contributed by atoms with van der Waals surface area (Å²) < 4.78 is 2.09. The third-order valence-electron chi connectivity index (χ3n) is 6.60. The van der Waals surface area contributed by atoms with Crippen LogP contribution < -0.4 is 5.32 Å². The number of aromatic nitrogens is 1. The number of ketones is 1. The number of benzene rings is 3. The van der Waals surface area contributed by atoms with Gasteiger partial charge in [-0.2, -0.15) is 0 Å². The number of amides is 3. The molecule has 0 aliphatic carbocycles. The lowest BCUT2D eigenvalue weighted by Gasteiger charge is -2.23. The molecule has 1 fully saturated rings. The molecular formula is C28H24ClN3O3. The van der Waals surface area contributed by atoms with Gasteiger partial charge in [-0.3, -0.25) is 14.5 Å². The fraction of sp³-hybridized carbons (Fsp3) is 0.179. The molecule has 1 saturated heterocycles. The van der Waals surface area contributed by atoms with E-state index in [2.05, 4.69) is 9.88 Å². The molecule has 0 bridgehead atoms. The molecule has 4 aromatic rings. The van der Waals surface area contributed by atoms with Crippen LogP contribution in [-0.2, 0) is 16.9 Å². The van der Waals surface area contributed by atoms with Crippen LogP contribution in [0.4, 0.5) is 4.79 Å². The van der Waals surface area contributed by atoms with Crippen molar-refractivity contribution < 1.29 is 14.4 Å². The van der Waals surface area contributed by atoms with Crippen LogP contribution in [0.15, 0.2) is 78.9 Å². The van der Waals surface area contributed by atoms with E-state index in [4.69, 9.17) is 11.6 Å². The fourth-order valence-electron chi connectivity index (χ4n) is 4.92. The summed E-state index contributed by atoms with van der Waals surface area (Å²) in [7, 11) is 0. The van der Waals surface area contributed by atoms with Gasteiger partial charge >= 0.3 is 6.03 Å². The highest BCUT2D eigenvalue weighted by atomic mass is 35.5. The summed E-state index contributed by atoms with van der Waals surface area (Å²) in [6.45, 7) is 3.92. The average Bonchev–Trinajstić information content (AvgIpc) is 3.32. The second kappa shape index (κ2) is 8.71. The number of aryl methyl sites for hydroxylation is 1. The van der Waals surface area contributed by atoms with Crippen LogP contribution >= 0.6 is 11.6 Å². The lowest BCUT2D eigenvalue weighted by molar-refractivity contribution is -0.130. The third kappa shape index (κ3) is 3.61. The molecule has 0 spiro atoms. The molecule has 1 N–H and O–H groups in total. The van der Waals surface area contributed by atoms with E-state index in [1.165, 1.54) is 0 Å². The minimum Gasteiger partial charge on any atom is -0.340 e. The first-order valence-corrected chi connectivity index (χ1v) is 11.8. The fourth-order valence-corrected chi connectivity index (χ4v) is 5.25. The first-order chi connectivity index (χ1) is 16.9. The monoisotopic (exact) mass is 485 g/mol. The molecule has 3 amide bonds. The topological polar surface area (TPSA) is 71.4 Å². The van der Waals surface area contributed by atoms with Gasteiger partial charge in [0.15, 0.2) is 5.78 Å². The molecular weight excluding hydrogens is 462 g/mol. The lowest BCUT2D eigenvalue weighted by atomic mass is 9.92. The summed E-state index contributed by atoms with van der Waals surface area (Å²) in [6, 6.07) is 23.6. The van der Waals surface area contributed by atoms with E-state index >= 15 is 0 Å². The zero-order chi connectivity index (χ0) is 24.7. The van der Waals surface area contributed by atoms with Crippen LogP contribution in [0.5, 0.6) is 0 Å². The second-order valence-corrected chi connectivity index (χ2v) is 9.11. The number of para-hydroxylation sites is 1. The summed E-state index contributed by atoms with van der Waals surface area (Å²) in [6.07, 6.45) is 0. The number of halogens is 1. The van der Waals surface area contributed by atoms with Crippen LogP contribution in [0, 0.1) is 0 Å². The Morgan fingerprint density at radius 2 is 1.60 bits per heavy atom. The van der Waals surface area contributed by atoms with Gasteiger partial charge in [0.05, 0.1) is 17.8 Å². The molecule has 0 saturated carbocycles. The number of fused-ring (bicyclic) bond motifs is 1. The molecule has 7 heteroatoms. The summed E-state index contributed by atoms with van der Waals surface area (Å²) in [5.41, 5.74) is 2.24. The maximum absolute atomic E-state index is 13.8. The van der Waals surface area contributed by atoms with Crippen molar-refractivity contribution in [3.8, 4) is 11.3 Å². The van der Waals surface area contributed by atoms with Crippen LogP contribution in [0.25, 0.3) is 22.2 Å². The number of carbonyl (C=O) groups is 3. The minimum atomic E-state index is -1.35. The Balaban J connectivity index is 1.58. The normalized spacial score (nSPS) is 17.7. The standard InChI is InChI=1S/C28H24ClN3O3/c1-3-31-22-16-10-7-13-19(22)24(25(31)18-11-5-4-6-12-18)23(33)17-32-26(34)28(2,30-27(32)35)20-14-8-9-15-21(20)29/h4-16H,3,17H2,1-2H3,(H,30,35)/t28-/m1/s1. The number of hydrogen-bond acceptors (Lipinski definition) is 3. The first-order valence-electron chi connectivity index (χ1n) is 11.5. The first kappa shape index (κ1) is 22.9. The van der Waals surface area contributed by atoms with Gasteiger partial charge in [-0.25, -0.2) is 4.79 Å². The molecule has 1 aliphatic rings. The molecule has 0 radical (unpaired) electrons. The van der Waals surface area contributed by atoms with Gasteiger partial charge < -0.3 is 9.88 Å². The predicted octanol–water partition coefficient (Wildman–Crippen LogP) is 5.63. The smallest absolute Gasteiger partial charge is 0.325 e. The van der Waals surface area contributed by atoms with Crippen molar-refractivity contribution in [2.75, 3.05) is 6.54 Å². The maximum atomic E-state index is 13.8. The van der Waals surface area contributed by atoms with Crippen molar-refractivity contribution in [1.82, 2.24) is 14.8 Å². The van der Waals surface area contributed by atoms with Gasteiger partial charge in [0.2, 0.25) is 0 Å². The predicted molar refractivity (Wildman–Crippen MR) is 136 cm³/mol. The van der Waals surface area contributed by atoms with E-state index in [1.54, 1.807) is 31.2 Å². The van der Waals surface area contributed by atoms with Gasteiger partial charge in [-0.1, -0.05) is 78.3 Å². The van der Waals surface area contributed by atoms with Gasteiger partial charge in [0, 0.05) is 28.0 Å². The molecule has 35 heavy (non-hydrogen) atoms. The van der Waals surface area contributed by atoms with Crippen molar-refractivity contribution in [2.45, 2.75) is 25.9 Å². The number of rotatable bonds is 6. The van der Waals surface area contributed by atoms with Crippen molar-refractivity contribution in [3.05, 3.63) is 95.0 Å². The Hall–Kier alpha value is -3.90. The van der Waals surface area contributed by atoms with Gasteiger partial charge in [-0.05, 0) is 31.5 Å². The van der Waals surface area contributed by atoms with E-state index in [1.807, 2.05) is 61.5 Å². The zero-order valence-corrected chi connectivity index (χ0v) is 20.2. The number of nitrogens with zero attached hydrogens (tertiary/aromatic N) is 2. The van der Waals surface area contributed by atoms with Gasteiger partial charge in [-0.15, -0.1) is 0 Å². The van der Waals surface area contributed by atoms with Crippen molar-refractivity contribution >= 4 is 40.2 Å². The summed E-state index contributed by atoms with van der Waals surface area (Å²) in [4.78, 5) is 41.2. The number of imide groups is 1. The maximum Gasteiger partial charge on any atom is 0.325 e. The molecule has 5 rings (SSSR count). The molecule has 1 atom stereocenters. The highest BCUT2D eigenvalue weighted by Crippen LogP contribution is 2.36. The number of hydrogen-bond donors (Lipinski definition) is 1. The van der Waals surface area contributed by atoms with Crippen molar-refractivity contribution in [3.63, 3.8) is 0 Å². The van der Waals surface area contributed by atoms with Crippen LogP contribution in [-0.4, -0.2) is 33.7 Å². The Kier molecular flexibility index (Phi) is 5.69. The quantitative estimate of drug-likeness (QED) is 0.284. The van der Waals surface area contributed by atoms with E-state index in [0.717, 1.165) is 27.1 Å². The Morgan fingerprint density at radius 3 is 2.31 bits per heavy atom. The van der Waals surface area contributed by atoms with Gasteiger partial charge in [0.25, 0.3) is 5.91 Å². The minimum absolute atomic E-state index is 0.306. The van der Waals surface area contributed by atoms with Crippen molar-refractivity contribution in [2.24, 2.45) is 0 Å². The summed E-state index contributed by atoms with van der Waals surface area (Å²) in [5.74, 6) is -0.816. The van der Waals surface area contributed by atoms with Crippen molar-refractivity contribution in [1.29, 1.82) is 0 Å². The highest BCUT2D eigenvalue weighted by Gasteiger charge is 2.50. The Labute approximate surface area is 208 Å². The molecule has 1 aliphatic heterocycles. The average molecular weight is 486 g/mol. The zero-order valence-electron chi connectivity index (χ0n) is 19.4. The number of nitrogens with one attached hydrogen (secondary N) is 1. The van der Waals surface area contributed by atoms with Crippen LogP contribution in [0.2, 0.25) is 5.02 Å². The number of urea groups is 1. The molecule has 1 aromatic heterocycles. The van der Waals surface area contributed by atoms with E-state index in [9.17, 15) is 14.4 Å². The Morgan fingerprint density at radius 1 is 0.943 bits per heavy atom. The molecule has 2 heterocycles. The van der Waals surface area contributed by atoms with Crippen LogP contribution in [0.3, 0.4) is 0 Å². The van der Waals surface area contributed by atoms with E-state index in [-0.39, 0.29) is 12.3 Å². The van der Waals surface area contributed by atoms with Crippen LogP contribution in [0.1, 0.15) is 29.8 Å². The number of Topliss-reactive ketones (excluding diaryl/α,β-unsaturated/α-hetero) is 1. The second-order valence-electron chi connectivity index (χ2n) is 8.70. The highest BCUT2D eigenvalue weighted by molar-refractivity contribution is 6.32. The van der Waals surface area contributed by atoms with E-state index in [0.29, 0.717) is 22.7 Å². The molecule has 176 valence electrons. The molecule has 6 nitrogen and oxygen atoms in total. The summed E-state index contributed by atoms with van der Waals surface area (Å²) in [5, 5.41) is 3.90. The largest absolute Gasteiger partial charge is 0.340 e. The number of carbonyl (C=O) groups excluding carboxylic acids is 3. The van der Waals surface area contributed by atoms with Gasteiger partial charge in [0.1, 0.15) is 5.54 Å². The molecule has 3 aromatic carbocycles. The van der Waals surface area contributed by atoms with E-state index < -0.39 is 17.5 Å². The summed E-state index contributed by atoms with van der Waals surface area (Å²) >= 11 is 6.34. The third-order valence-corrected chi connectivity index (χ3v) is 6.93. The lowest BCUT2D eigenvalue weighted by Crippen LogP contribution is -2.41. The Bertz CT molecular complexity index is 1480. The molecule has 0 unspecified atom stereocenters.